The van der Waals surface area contributed by atoms with E-state index in [1.807, 2.05) is 6.20 Å². The number of hydrogen-bond acceptors (Lipinski definition) is 4. The molecule has 0 amide bonds. The molecule has 0 bridgehead atoms. The van der Waals surface area contributed by atoms with Crippen LogP contribution in [0.4, 0.5) is 5.69 Å². The van der Waals surface area contributed by atoms with Crippen LogP contribution in [0.25, 0.3) is 0 Å². The fourth-order valence-corrected chi connectivity index (χ4v) is 4.18. The van der Waals surface area contributed by atoms with Gasteiger partial charge in [-0.05, 0) is 50.3 Å². The Morgan fingerprint density at radius 3 is 2.61 bits per heavy atom. The van der Waals surface area contributed by atoms with Crippen molar-refractivity contribution in [3.8, 4) is 0 Å². The van der Waals surface area contributed by atoms with Crippen LogP contribution in [0.1, 0.15) is 42.1 Å². The zero-order valence-corrected chi connectivity index (χ0v) is 18.2. The van der Waals surface area contributed by atoms with E-state index in [2.05, 4.69) is 65.6 Å². The molecule has 3 rings (SSSR count). The molecule has 152 valence electrons. The molecule has 1 fully saturated rings. The van der Waals surface area contributed by atoms with Crippen molar-refractivity contribution < 1.29 is 0 Å². The van der Waals surface area contributed by atoms with Gasteiger partial charge in [-0.1, -0.05) is 19.1 Å². The third-order valence-electron chi connectivity index (χ3n) is 5.15. The van der Waals surface area contributed by atoms with Crippen molar-refractivity contribution >= 4 is 23.0 Å². The van der Waals surface area contributed by atoms with Gasteiger partial charge in [0.15, 0.2) is 5.96 Å². The number of hydrogen-bond donors (Lipinski definition) is 2. The molecule has 0 unspecified atom stereocenters. The lowest BCUT2D eigenvalue weighted by Gasteiger charge is -2.32. The molecule has 0 aliphatic carbocycles. The molecule has 1 aliphatic rings. The summed E-state index contributed by atoms with van der Waals surface area (Å²) in [4.78, 5) is 12.9. The number of guanidine groups is 1. The minimum Gasteiger partial charge on any atom is -0.372 e. The summed E-state index contributed by atoms with van der Waals surface area (Å²) in [5.74, 6) is 1.73. The van der Waals surface area contributed by atoms with Gasteiger partial charge < -0.3 is 15.5 Å². The van der Waals surface area contributed by atoms with Crippen molar-refractivity contribution in [2.75, 3.05) is 31.1 Å². The first-order valence-electron chi connectivity index (χ1n) is 10.4. The number of rotatable bonds is 7. The standard InChI is InChI=1S/C22H33N5S/c1-4-23-22(24-12-9-21-25-15-18(3)28-21)26-16-19-5-7-20(8-6-19)27-13-10-17(2)11-14-27/h5-8,15,17H,4,9-14,16H2,1-3H3,(H2,23,24,26). The summed E-state index contributed by atoms with van der Waals surface area (Å²) in [6.07, 6.45) is 5.45. The predicted octanol–water partition coefficient (Wildman–Crippen LogP) is 3.99. The second-order valence-corrected chi connectivity index (χ2v) is 8.89. The van der Waals surface area contributed by atoms with Gasteiger partial charge in [-0.15, -0.1) is 11.3 Å². The molecular formula is C22H33N5S. The van der Waals surface area contributed by atoms with E-state index in [0.717, 1.165) is 31.4 Å². The van der Waals surface area contributed by atoms with E-state index >= 15 is 0 Å². The number of benzene rings is 1. The van der Waals surface area contributed by atoms with Crippen molar-refractivity contribution in [2.45, 2.75) is 46.6 Å². The summed E-state index contributed by atoms with van der Waals surface area (Å²) < 4.78 is 0. The van der Waals surface area contributed by atoms with Crippen molar-refractivity contribution in [2.24, 2.45) is 10.9 Å². The van der Waals surface area contributed by atoms with Crippen LogP contribution in [0.3, 0.4) is 0 Å². The lowest BCUT2D eigenvalue weighted by molar-refractivity contribution is 0.438. The lowest BCUT2D eigenvalue weighted by atomic mass is 9.99. The van der Waals surface area contributed by atoms with Gasteiger partial charge in [0.05, 0.1) is 11.6 Å². The molecule has 0 radical (unpaired) electrons. The number of nitrogens with zero attached hydrogens (tertiary/aromatic N) is 3. The molecule has 28 heavy (non-hydrogen) atoms. The molecule has 5 nitrogen and oxygen atoms in total. The lowest BCUT2D eigenvalue weighted by Crippen LogP contribution is -2.38. The molecule has 6 heteroatoms. The van der Waals surface area contributed by atoms with Crippen LogP contribution >= 0.6 is 11.3 Å². The second kappa shape index (κ2) is 10.5. The van der Waals surface area contributed by atoms with Gasteiger partial charge >= 0.3 is 0 Å². The fourth-order valence-electron chi connectivity index (χ4n) is 3.40. The summed E-state index contributed by atoms with van der Waals surface area (Å²) in [6.45, 7) is 11.3. The maximum Gasteiger partial charge on any atom is 0.191 e. The Morgan fingerprint density at radius 1 is 1.21 bits per heavy atom. The molecule has 2 aromatic rings. The number of aryl methyl sites for hydroxylation is 1. The summed E-state index contributed by atoms with van der Waals surface area (Å²) in [5.41, 5.74) is 2.57. The van der Waals surface area contributed by atoms with Crippen molar-refractivity contribution in [3.05, 3.63) is 45.9 Å². The molecular weight excluding hydrogens is 366 g/mol. The highest BCUT2D eigenvalue weighted by Gasteiger charge is 2.15. The van der Waals surface area contributed by atoms with Crippen LogP contribution in [0.2, 0.25) is 0 Å². The fraction of sp³-hybridized carbons (Fsp3) is 0.545. The third-order valence-corrected chi connectivity index (χ3v) is 6.12. The van der Waals surface area contributed by atoms with Crippen molar-refractivity contribution in [1.29, 1.82) is 0 Å². The van der Waals surface area contributed by atoms with E-state index < -0.39 is 0 Å². The second-order valence-electron chi connectivity index (χ2n) is 7.57. The summed E-state index contributed by atoms with van der Waals surface area (Å²) >= 11 is 1.76. The van der Waals surface area contributed by atoms with Crippen molar-refractivity contribution in [3.63, 3.8) is 0 Å². The number of piperidine rings is 1. The van der Waals surface area contributed by atoms with E-state index in [1.165, 1.54) is 47.1 Å². The zero-order chi connectivity index (χ0) is 19.8. The maximum atomic E-state index is 4.74. The topological polar surface area (TPSA) is 52.6 Å². The highest BCUT2D eigenvalue weighted by molar-refractivity contribution is 7.11. The quantitative estimate of drug-likeness (QED) is 0.546. The summed E-state index contributed by atoms with van der Waals surface area (Å²) in [6, 6.07) is 8.90. The van der Waals surface area contributed by atoms with Crippen LogP contribution in [0, 0.1) is 12.8 Å². The Labute approximate surface area is 173 Å². The van der Waals surface area contributed by atoms with Gasteiger partial charge in [-0.25, -0.2) is 9.98 Å². The Balaban J connectivity index is 1.50. The van der Waals surface area contributed by atoms with Crippen LogP contribution < -0.4 is 15.5 Å². The smallest absolute Gasteiger partial charge is 0.191 e. The monoisotopic (exact) mass is 399 g/mol. The number of thiazole rings is 1. The van der Waals surface area contributed by atoms with E-state index in [4.69, 9.17) is 4.99 Å². The molecule has 0 saturated carbocycles. The number of nitrogens with one attached hydrogen (secondary N) is 2. The van der Waals surface area contributed by atoms with Gasteiger partial charge in [0.25, 0.3) is 0 Å². The maximum absolute atomic E-state index is 4.74. The van der Waals surface area contributed by atoms with E-state index in [0.29, 0.717) is 6.54 Å². The van der Waals surface area contributed by atoms with Gasteiger partial charge in [0, 0.05) is 49.4 Å². The largest absolute Gasteiger partial charge is 0.372 e. The van der Waals surface area contributed by atoms with Gasteiger partial charge in [-0.2, -0.15) is 0 Å². The molecule has 1 aromatic carbocycles. The van der Waals surface area contributed by atoms with E-state index in [9.17, 15) is 0 Å². The number of anilines is 1. The molecule has 0 atom stereocenters. The predicted molar refractivity (Wildman–Crippen MR) is 120 cm³/mol. The first-order valence-corrected chi connectivity index (χ1v) is 11.2. The van der Waals surface area contributed by atoms with Gasteiger partial charge in [-0.3, -0.25) is 0 Å². The van der Waals surface area contributed by atoms with Gasteiger partial charge in [0.2, 0.25) is 0 Å². The Kier molecular flexibility index (Phi) is 7.71. The van der Waals surface area contributed by atoms with Gasteiger partial charge in [0.1, 0.15) is 0 Å². The normalized spacial score (nSPS) is 15.7. The highest BCUT2D eigenvalue weighted by atomic mass is 32.1. The Bertz CT molecular complexity index is 745. The molecule has 0 spiro atoms. The summed E-state index contributed by atoms with van der Waals surface area (Å²) in [5, 5.41) is 7.91. The third kappa shape index (κ3) is 6.23. The minimum atomic E-state index is 0.684. The zero-order valence-electron chi connectivity index (χ0n) is 17.4. The van der Waals surface area contributed by atoms with Crippen LogP contribution in [-0.4, -0.2) is 37.1 Å². The minimum absolute atomic E-state index is 0.684. The number of aliphatic imine (C=N–C) groups is 1. The summed E-state index contributed by atoms with van der Waals surface area (Å²) in [7, 11) is 0. The molecule has 1 aromatic heterocycles. The molecule has 2 N–H and O–H groups in total. The van der Waals surface area contributed by atoms with Crippen LogP contribution in [0.5, 0.6) is 0 Å². The first kappa shape index (κ1) is 20.6. The SMILES string of the molecule is CCNC(=NCc1ccc(N2CCC(C)CC2)cc1)NCCc1ncc(C)s1. The molecule has 2 heterocycles. The Morgan fingerprint density at radius 2 is 1.96 bits per heavy atom. The average molecular weight is 400 g/mol. The van der Waals surface area contributed by atoms with Crippen LogP contribution in [0.15, 0.2) is 35.5 Å². The molecule has 1 saturated heterocycles. The number of aromatic nitrogens is 1. The first-order chi connectivity index (χ1) is 13.6. The Hall–Kier alpha value is -2.08. The average Bonchev–Trinajstić information content (AvgIpc) is 3.12. The van der Waals surface area contributed by atoms with Crippen LogP contribution in [-0.2, 0) is 13.0 Å². The van der Waals surface area contributed by atoms with Crippen molar-refractivity contribution in [1.82, 2.24) is 15.6 Å². The van der Waals surface area contributed by atoms with E-state index in [1.54, 1.807) is 11.3 Å². The highest BCUT2D eigenvalue weighted by Crippen LogP contribution is 2.23. The van der Waals surface area contributed by atoms with E-state index in [-0.39, 0.29) is 0 Å². The molecule has 1 aliphatic heterocycles.